The molecule has 1 atom stereocenters. The Bertz CT molecular complexity index is 354. The first kappa shape index (κ1) is 10.7. The molecule has 0 saturated carbocycles. The fraction of sp³-hybridized carbons (Fsp3) is 0.538. The average molecular weight is 205 g/mol. The molecule has 1 aromatic carbocycles. The summed E-state index contributed by atoms with van der Waals surface area (Å²) >= 11 is 0. The van der Waals surface area contributed by atoms with E-state index in [1.807, 2.05) is 0 Å². The van der Waals surface area contributed by atoms with Crippen LogP contribution in [0.2, 0.25) is 0 Å². The van der Waals surface area contributed by atoms with Crippen LogP contribution in [0.5, 0.6) is 0 Å². The highest BCUT2D eigenvalue weighted by atomic mass is 16.5. The lowest BCUT2D eigenvalue weighted by Crippen LogP contribution is -2.33. The summed E-state index contributed by atoms with van der Waals surface area (Å²) in [6, 6.07) is 4.39. The molecule has 0 radical (unpaired) electrons. The van der Waals surface area contributed by atoms with E-state index < -0.39 is 0 Å². The minimum absolute atomic E-state index is 0.234. The molecule has 0 amide bonds. The van der Waals surface area contributed by atoms with E-state index in [2.05, 4.69) is 38.2 Å². The van der Waals surface area contributed by atoms with Gasteiger partial charge in [0.05, 0.1) is 12.7 Å². The second-order valence-electron chi connectivity index (χ2n) is 4.29. The summed E-state index contributed by atoms with van der Waals surface area (Å²) in [6.07, 6.45) is 0.234. The minimum atomic E-state index is 0.234. The summed E-state index contributed by atoms with van der Waals surface area (Å²) in [6.45, 7) is 9.26. The number of hydrogen-bond donors (Lipinski definition) is 1. The van der Waals surface area contributed by atoms with Crippen molar-refractivity contribution < 1.29 is 4.74 Å². The fourth-order valence-corrected chi connectivity index (χ4v) is 2.09. The lowest BCUT2D eigenvalue weighted by molar-refractivity contribution is 0.0273. The van der Waals surface area contributed by atoms with Crippen LogP contribution < -0.4 is 5.32 Å². The predicted molar refractivity (Wildman–Crippen MR) is 62.2 cm³/mol. The number of benzene rings is 1. The van der Waals surface area contributed by atoms with Crippen molar-refractivity contribution in [1.29, 1.82) is 0 Å². The van der Waals surface area contributed by atoms with Gasteiger partial charge in [-0.1, -0.05) is 12.1 Å². The van der Waals surface area contributed by atoms with Crippen molar-refractivity contribution in [3.63, 3.8) is 0 Å². The third-order valence-corrected chi connectivity index (χ3v) is 3.37. The highest BCUT2D eigenvalue weighted by Crippen LogP contribution is 2.25. The molecular formula is C13H19NO. The van der Waals surface area contributed by atoms with E-state index >= 15 is 0 Å². The smallest absolute Gasteiger partial charge is 0.0952 e. The van der Waals surface area contributed by atoms with Gasteiger partial charge in [0.2, 0.25) is 0 Å². The van der Waals surface area contributed by atoms with Crippen LogP contribution in [-0.2, 0) is 4.74 Å². The van der Waals surface area contributed by atoms with E-state index in [0.29, 0.717) is 0 Å². The molecule has 1 aliphatic rings. The van der Waals surface area contributed by atoms with Crippen molar-refractivity contribution in [2.24, 2.45) is 0 Å². The van der Waals surface area contributed by atoms with Crippen LogP contribution in [0.25, 0.3) is 0 Å². The van der Waals surface area contributed by atoms with Gasteiger partial charge in [0.15, 0.2) is 0 Å². The van der Waals surface area contributed by atoms with Crippen molar-refractivity contribution in [2.75, 3.05) is 19.7 Å². The lowest BCUT2D eigenvalue weighted by Gasteiger charge is -2.26. The molecule has 1 fully saturated rings. The van der Waals surface area contributed by atoms with Crippen molar-refractivity contribution in [2.45, 2.75) is 26.9 Å². The molecule has 82 valence electrons. The van der Waals surface area contributed by atoms with Gasteiger partial charge < -0.3 is 10.1 Å². The maximum absolute atomic E-state index is 5.78. The van der Waals surface area contributed by atoms with Crippen LogP contribution >= 0.6 is 0 Å². The highest BCUT2D eigenvalue weighted by molar-refractivity contribution is 5.40. The SMILES string of the molecule is Cc1ccc(C2CNCCO2)c(C)c1C. The van der Waals surface area contributed by atoms with Gasteiger partial charge in [-0.3, -0.25) is 0 Å². The number of rotatable bonds is 1. The van der Waals surface area contributed by atoms with E-state index in [9.17, 15) is 0 Å². The molecule has 1 saturated heterocycles. The monoisotopic (exact) mass is 205 g/mol. The summed E-state index contributed by atoms with van der Waals surface area (Å²) in [7, 11) is 0. The van der Waals surface area contributed by atoms with Gasteiger partial charge in [-0.2, -0.15) is 0 Å². The number of morpholine rings is 1. The Kier molecular flexibility index (Phi) is 3.08. The predicted octanol–water partition coefficient (Wildman–Crippen LogP) is 2.27. The fourth-order valence-electron chi connectivity index (χ4n) is 2.09. The second-order valence-corrected chi connectivity index (χ2v) is 4.29. The molecule has 0 aliphatic carbocycles. The molecule has 1 aromatic rings. The zero-order valence-electron chi connectivity index (χ0n) is 9.76. The van der Waals surface area contributed by atoms with Crippen molar-refractivity contribution in [1.82, 2.24) is 5.32 Å². The van der Waals surface area contributed by atoms with Crippen LogP contribution in [-0.4, -0.2) is 19.7 Å². The van der Waals surface area contributed by atoms with Gasteiger partial charge >= 0.3 is 0 Å². The number of nitrogens with one attached hydrogen (secondary N) is 1. The molecular weight excluding hydrogens is 186 g/mol. The van der Waals surface area contributed by atoms with E-state index in [1.54, 1.807) is 0 Å². The van der Waals surface area contributed by atoms with Crippen molar-refractivity contribution in [3.8, 4) is 0 Å². The molecule has 0 spiro atoms. The van der Waals surface area contributed by atoms with E-state index in [4.69, 9.17) is 4.74 Å². The van der Waals surface area contributed by atoms with Gasteiger partial charge in [-0.05, 0) is 43.0 Å². The molecule has 0 aromatic heterocycles. The molecule has 1 aliphatic heterocycles. The van der Waals surface area contributed by atoms with E-state index in [-0.39, 0.29) is 6.10 Å². The largest absolute Gasteiger partial charge is 0.371 e. The number of ether oxygens (including phenoxy) is 1. The van der Waals surface area contributed by atoms with Gasteiger partial charge in [0.25, 0.3) is 0 Å². The maximum atomic E-state index is 5.78. The molecule has 15 heavy (non-hydrogen) atoms. The van der Waals surface area contributed by atoms with Gasteiger partial charge in [-0.15, -0.1) is 0 Å². The van der Waals surface area contributed by atoms with E-state index in [1.165, 1.54) is 22.3 Å². The highest BCUT2D eigenvalue weighted by Gasteiger charge is 2.18. The first-order chi connectivity index (χ1) is 7.20. The summed E-state index contributed by atoms with van der Waals surface area (Å²) in [5, 5.41) is 3.37. The molecule has 2 rings (SSSR count). The first-order valence-corrected chi connectivity index (χ1v) is 5.59. The van der Waals surface area contributed by atoms with Gasteiger partial charge in [0.1, 0.15) is 0 Å². The number of aryl methyl sites for hydroxylation is 1. The van der Waals surface area contributed by atoms with E-state index in [0.717, 1.165) is 19.7 Å². The first-order valence-electron chi connectivity index (χ1n) is 5.59. The molecule has 1 unspecified atom stereocenters. The quantitative estimate of drug-likeness (QED) is 0.759. The van der Waals surface area contributed by atoms with Gasteiger partial charge in [0, 0.05) is 13.1 Å². The Hall–Kier alpha value is -0.860. The second kappa shape index (κ2) is 4.33. The number of hydrogen-bond acceptors (Lipinski definition) is 2. The van der Waals surface area contributed by atoms with Crippen LogP contribution in [0, 0.1) is 20.8 Å². The van der Waals surface area contributed by atoms with Gasteiger partial charge in [-0.25, -0.2) is 0 Å². The zero-order chi connectivity index (χ0) is 10.8. The Morgan fingerprint density at radius 1 is 1.20 bits per heavy atom. The van der Waals surface area contributed by atoms with Crippen LogP contribution in [0.15, 0.2) is 12.1 Å². The van der Waals surface area contributed by atoms with Crippen LogP contribution in [0.4, 0.5) is 0 Å². The summed E-state index contributed by atoms with van der Waals surface area (Å²) in [5.74, 6) is 0. The zero-order valence-corrected chi connectivity index (χ0v) is 9.76. The Balaban J connectivity index is 2.31. The molecule has 2 nitrogen and oxygen atoms in total. The van der Waals surface area contributed by atoms with Crippen molar-refractivity contribution in [3.05, 3.63) is 34.4 Å². The van der Waals surface area contributed by atoms with Crippen molar-refractivity contribution >= 4 is 0 Å². The third kappa shape index (κ3) is 2.06. The third-order valence-electron chi connectivity index (χ3n) is 3.37. The summed E-state index contributed by atoms with van der Waals surface area (Å²) < 4.78 is 5.78. The van der Waals surface area contributed by atoms with Crippen LogP contribution in [0.1, 0.15) is 28.4 Å². The molecule has 1 heterocycles. The Labute approximate surface area is 91.6 Å². The normalized spacial score (nSPS) is 21.7. The minimum Gasteiger partial charge on any atom is -0.371 e. The summed E-state index contributed by atoms with van der Waals surface area (Å²) in [5.41, 5.74) is 5.47. The maximum Gasteiger partial charge on any atom is 0.0952 e. The lowest BCUT2D eigenvalue weighted by atomic mass is 9.95. The topological polar surface area (TPSA) is 21.3 Å². The molecule has 2 heteroatoms. The average Bonchev–Trinajstić information content (AvgIpc) is 2.27. The molecule has 1 N–H and O–H groups in total. The van der Waals surface area contributed by atoms with Crippen LogP contribution in [0.3, 0.4) is 0 Å². The Morgan fingerprint density at radius 3 is 2.67 bits per heavy atom. The molecule has 0 bridgehead atoms. The Morgan fingerprint density at radius 2 is 2.00 bits per heavy atom. The summed E-state index contributed by atoms with van der Waals surface area (Å²) in [4.78, 5) is 0. The standard InChI is InChI=1S/C13H19NO/c1-9-4-5-12(11(3)10(9)2)13-8-14-6-7-15-13/h4-5,13-14H,6-8H2,1-3H3.